The van der Waals surface area contributed by atoms with Gasteiger partial charge in [-0.3, -0.25) is 0 Å². The zero-order chi connectivity index (χ0) is 11.3. The van der Waals surface area contributed by atoms with Gasteiger partial charge in [-0.25, -0.2) is 9.78 Å². The summed E-state index contributed by atoms with van der Waals surface area (Å²) in [5, 5.41) is 8.62. The summed E-state index contributed by atoms with van der Waals surface area (Å²) >= 11 is 0. The van der Waals surface area contributed by atoms with E-state index in [9.17, 15) is 4.79 Å². The molecule has 1 N–H and O–H groups in total. The summed E-state index contributed by atoms with van der Waals surface area (Å²) in [4.78, 5) is 14.2. The molecule has 0 radical (unpaired) electrons. The number of aromatic nitrogens is 1. The summed E-state index contributed by atoms with van der Waals surface area (Å²) in [6.07, 6.45) is 1.29. The molecule has 1 rings (SSSR count). The van der Waals surface area contributed by atoms with Crippen molar-refractivity contribution in [2.45, 2.75) is 13.0 Å². The highest BCUT2D eigenvalue weighted by molar-refractivity contribution is 5.85. The Morgan fingerprint density at radius 3 is 2.80 bits per heavy atom. The van der Waals surface area contributed by atoms with Crippen molar-refractivity contribution in [2.75, 3.05) is 13.7 Å². The summed E-state index contributed by atoms with van der Waals surface area (Å²) in [6, 6.07) is 2.97. The van der Waals surface area contributed by atoms with Gasteiger partial charge in [0.2, 0.25) is 0 Å². The summed E-state index contributed by atoms with van der Waals surface area (Å²) in [6.45, 7) is 2.33. The number of carboxylic acids is 1. The molecule has 1 heterocycles. The average molecular weight is 211 g/mol. The van der Waals surface area contributed by atoms with E-state index in [4.69, 9.17) is 14.6 Å². The summed E-state index contributed by atoms with van der Waals surface area (Å²) < 4.78 is 10.3. The van der Waals surface area contributed by atoms with Crippen LogP contribution in [0.3, 0.4) is 0 Å². The molecule has 0 bridgehead atoms. The monoisotopic (exact) mass is 211 g/mol. The minimum atomic E-state index is -1.05. The van der Waals surface area contributed by atoms with Gasteiger partial charge in [-0.2, -0.15) is 0 Å². The van der Waals surface area contributed by atoms with Gasteiger partial charge >= 0.3 is 5.97 Å². The topological polar surface area (TPSA) is 68.7 Å². The molecule has 0 aliphatic heterocycles. The minimum absolute atomic E-state index is 0.00162. The van der Waals surface area contributed by atoms with Crippen molar-refractivity contribution in [3.8, 4) is 5.75 Å². The van der Waals surface area contributed by atoms with Crippen LogP contribution in [0.2, 0.25) is 0 Å². The van der Waals surface area contributed by atoms with Crippen LogP contribution in [0, 0.1) is 0 Å². The first-order valence-corrected chi connectivity index (χ1v) is 4.48. The molecule has 5 heteroatoms. The van der Waals surface area contributed by atoms with Crippen molar-refractivity contribution >= 4 is 5.97 Å². The van der Waals surface area contributed by atoms with E-state index >= 15 is 0 Å². The van der Waals surface area contributed by atoms with Crippen LogP contribution < -0.4 is 4.74 Å². The van der Waals surface area contributed by atoms with Crippen LogP contribution in [0.5, 0.6) is 5.75 Å². The van der Waals surface area contributed by atoms with Crippen LogP contribution in [-0.4, -0.2) is 35.9 Å². The molecule has 1 unspecified atom stereocenters. The summed E-state index contributed by atoms with van der Waals surface area (Å²) in [7, 11) is 1.59. The molecule has 0 aliphatic carbocycles. The molecule has 0 amide bonds. The first-order valence-electron chi connectivity index (χ1n) is 4.48. The highest BCUT2D eigenvalue weighted by Gasteiger charge is 2.06. The lowest BCUT2D eigenvalue weighted by Crippen LogP contribution is -2.18. The van der Waals surface area contributed by atoms with E-state index < -0.39 is 5.97 Å². The fourth-order valence-corrected chi connectivity index (χ4v) is 1.08. The second-order valence-corrected chi connectivity index (χ2v) is 3.07. The summed E-state index contributed by atoms with van der Waals surface area (Å²) in [5.41, 5.74) is 0.00162. The number of hydrogen-bond donors (Lipinski definition) is 1. The van der Waals surface area contributed by atoms with Crippen molar-refractivity contribution in [3.63, 3.8) is 0 Å². The lowest BCUT2D eigenvalue weighted by atomic mass is 10.3. The second kappa shape index (κ2) is 5.31. The van der Waals surface area contributed by atoms with Crippen LogP contribution in [-0.2, 0) is 4.74 Å². The molecular weight excluding hydrogens is 198 g/mol. The van der Waals surface area contributed by atoms with Crippen LogP contribution in [0.15, 0.2) is 18.3 Å². The molecule has 5 nitrogen and oxygen atoms in total. The SMILES string of the molecule is COCC(C)Oc1ccc(C(=O)O)nc1. The van der Waals surface area contributed by atoms with Gasteiger partial charge in [-0.1, -0.05) is 0 Å². The van der Waals surface area contributed by atoms with Crippen LogP contribution in [0.25, 0.3) is 0 Å². The molecule has 0 fully saturated rings. The van der Waals surface area contributed by atoms with Gasteiger partial charge in [0.15, 0.2) is 0 Å². The van der Waals surface area contributed by atoms with Gasteiger partial charge in [0.05, 0.1) is 12.8 Å². The van der Waals surface area contributed by atoms with Gasteiger partial charge in [-0.15, -0.1) is 0 Å². The first-order chi connectivity index (χ1) is 7.13. The van der Waals surface area contributed by atoms with E-state index in [0.29, 0.717) is 12.4 Å². The van der Waals surface area contributed by atoms with Gasteiger partial charge in [-0.05, 0) is 19.1 Å². The Bertz CT molecular complexity index is 323. The molecule has 82 valence electrons. The Morgan fingerprint density at radius 1 is 1.60 bits per heavy atom. The van der Waals surface area contributed by atoms with Crippen LogP contribution in [0.4, 0.5) is 0 Å². The van der Waals surface area contributed by atoms with Crippen molar-refractivity contribution in [1.29, 1.82) is 0 Å². The second-order valence-electron chi connectivity index (χ2n) is 3.07. The van der Waals surface area contributed by atoms with E-state index in [0.717, 1.165) is 0 Å². The normalized spacial score (nSPS) is 12.1. The Labute approximate surface area is 87.7 Å². The molecule has 0 spiro atoms. The van der Waals surface area contributed by atoms with Crippen molar-refractivity contribution in [2.24, 2.45) is 0 Å². The predicted octanol–water partition coefficient (Wildman–Crippen LogP) is 1.19. The Hall–Kier alpha value is -1.62. The molecular formula is C10H13NO4. The number of ether oxygens (including phenoxy) is 2. The molecule has 0 aromatic carbocycles. The zero-order valence-corrected chi connectivity index (χ0v) is 8.64. The molecule has 15 heavy (non-hydrogen) atoms. The first kappa shape index (κ1) is 11.5. The number of methoxy groups -OCH3 is 1. The molecule has 1 atom stereocenters. The third kappa shape index (κ3) is 3.55. The molecule has 1 aromatic heterocycles. The lowest BCUT2D eigenvalue weighted by molar-refractivity contribution is 0.0690. The number of rotatable bonds is 5. The number of aromatic carboxylic acids is 1. The Balaban J connectivity index is 2.60. The number of pyridine rings is 1. The van der Waals surface area contributed by atoms with Crippen molar-refractivity contribution in [1.82, 2.24) is 4.98 Å². The van der Waals surface area contributed by atoms with Gasteiger partial charge in [0.1, 0.15) is 17.5 Å². The van der Waals surface area contributed by atoms with E-state index in [2.05, 4.69) is 4.98 Å². The third-order valence-electron chi connectivity index (χ3n) is 1.69. The molecule has 0 saturated heterocycles. The fourth-order valence-electron chi connectivity index (χ4n) is 1.08. The van der Waals surface area contributed by atoms with Crippen LogP contribution in [0.1, 0.15) is 17.4 Å². The minimum Gasteiger partial charge on any atom is -0.487 e. The van der Waals surface area contributed by atoms with E-state index in [1.807, 2.05) is 6.92 Å². The van der Waals surface area contributed by atoms with E-state index in [-0.39, 0.29) is 11.8 Å². The number of carbonyl (C=O) groups is 1. The Morgan fingerprint density at radius 2 is 2.33 bits per heavy atom. The summed E-state index contributed by atoms with van der Waals surface area (Å²) in [5.74, 6) is -0.518. The third-order valence-corrected chi connectivity index (χ3v) is 1.69. The fraction of sp³-hybridized carbons (Fsp3) is 0.400. The molecule has 1 aromatic rings. The van der Waals surface area contributed by atoms with Gasteiger partial charge in [0, 0.05) is 7.11 Å². The zero-order valence-electron chi connectivity index (χ0n) is 8.64. The number of hydrogen-bond acceptors (Lipinski definition) is 4. The highest BCUT2D eigenvalue weighted by atomic mass is 16.5. The van der Waals surface area contributed by atoms with E-state index in [1.54, 1.807) is 13.2 Å². The van der Waals surface area contributed by atoms with Crippen molar-refractivity contribution in [3.05, 3.63) is 24.0 Å². The average Bonchev–Trinajstić information content (AvgIpc) is 2.18. The van der Waals surface area contributed by atoms with Crippen molar-refractivity contribution < 1.29 is 19.4 Å². The standard InChI is InChI=1S/C10H13NO4/c1-7(6-14-2)15-8-3-4-9(10(12)13)11-5-8/h3-5,7H,6H2,1-2H3,(H,12,13). The smallest absolute Gasteiger partial charge is 0.354 e. The van der Waals surface area contributed by atoms with Gasteiger partial charge < -0.3 is 14.6 Å². The quantitative estimate of drug-likeness (QED) is 0.792. The maximum absolute atomic E-state index is 10.5. The largest absolute Gasteiger partial charge is 0.487 e. The van der Waals surface area contributed by atoms with Crippen LogP contribution >= 0.6 is 0 Å². The predicted molar refractivity (Wildman–Crippen MR) is 53.2 cm³/mol. The number of nitrogens with zero attached hydrogens (tertiary/aromatic N) is 1. The van der Waals surface area contributed by atoms with E-state index in [1.165, 1.54) is 12.3 Å². The Kier molecular flexibility index (Phi) is 4.05. The lowest BCUT2D eigenvalue weighted by Gasteiger charge is -2.12. The van der Waals surface area contributed by atoms with Gasteiger partial charge in [0.25, 0.3) is 0 Å². The molecule has 0 saturated carbocycles. The molecule has 0 aliphatic rings. The maximum Gasteiger partial charge on any atom is 0.354 e. The number of carboxylic acid groups (broad SMARTS) is 1. The maximum atomic E-state index is 10.5. The highest BCUT2D eigenvalue weighted by Crippen LogP contribution is 2.11.